The molecule has 4 nitrogen and oxygen atoms in total. The van der Waals surface area contributed by atoms with Crippen molar-refractivity contribution < 1.29 is 4.39 Å². The largest absolute Gasteiger partial charge is 0.356 e. The van der Waals surface area contributed by atoms with Crippen molar-refractivity contribution in [2.45, 2.75) is 25.3 Å². The molecule has 0 aromatic heterocycles. The molecule has 1 heterocycles. The van der Waals surface area contributed by atoms with Gasteiger partial charge in [-0.25, -0.2) is 4.39 Å². The van der Waals surface area contributed by atoms with Crippen LogP contribution in [0.25, 0.3) is 0 Å². The third kappa shape index (κ3) is 5.72. The lowest BCUT2D eigenvalue weighted by atomic mass is 10.1. The molecule has 1 unspecified atom stereocenters. The van der Waals surface area contributed by atoms with Crippen molar-refractivity contribution in [3.63, 3.8) is 0 Å². The van der Waals surface area contributed by atoms with E-state index < -0.39 is 0 Å². The fourth-order valence-electron chi connectivity index (χ4n) is 2.69. The van der Waals surface area contributed by atoms with Crippen LogP contribution in [0.3, 0.4) is 0 Å². The van der Waals surface area contributed by atoms with Gasteiger partial charge in [-0.2, -0.15) is 0 Å². The molecule has 6 heteroatoms. The van der Waals surface area contributed by atoms with Crippen LogP contribution in [0.4, 0.5) is 4.39 Å². The minimum atomic E-state index is -0.144. The molecule has 2 rings (SSSR count). The number of likely N-dealkylation sites (tertiary alicyclic amines) is 1. The third-order valence-corrected chi connectivity index (χ3v) is 4.04. The van der Waals surface area contributed by atoms with Gasteiger partial charge < -0.3 is 15.5 Å². The predicted molar refractivity (Wildman–Crippen MR) is 101 cm³/mol. The zero-order valence-electron chi connectivity index (χ0n) is 13.3. The number of hydrogen-bond acceptors (Lipinski definition) is 2. The quantitative estimate of drug-likeness (QED) is 0.436. The summed E-state index contributed by atoms with van der Waals surface area (Å²) in [7, 11) is 3.92. The second kappa shape index (κ2) is 9.99. The number of hydrogen-bond donors (Lipinski definition) is 2. The predicted octanol–water partition coefficient (Wildman–Crippen LogP) is 2.25. The lowest BCUT2D eigenvalue weighted by molar-refractivity contribution is 0.309. The van der Waals surface area contributed by atoms with Crippen LogP contribution in [0.1, 0.15) is 18.4 Å². The number of benzene rings is 1. The third-order valence-electron chi connectivity index (χ3n) is 4.04. The molecule has 2 N–H and O–H groups in total. The van der Waals surface area contributed by atoms with E-state index in [0.717, 1.165) is 18.1 Å². The Bertz CT molecular complexity index is 481. The van der Waals surface area contributed by atoms with E-state index in [-0.39, 0.29) is 29.8 Å². The Labute approximate surface area is 149 Å². The van der Waals surface area contributed by atoms with E-state index >= 15 is 0 Å². The molecule has 1 fully saturated rings. The fourth-order valence-corrected chi connectivity index (χ4v) is 2.69. The van der Waals surface area contributed by atoms with Crippen LogP contribution in [0, 0.1) is 5.82 Å². The molecule has 1 atom stereocenters. The van der Waals surface area contributed by atoms with Gasteiger partial charge in [-0.15, -0.1) is 24.0 Å². The molecule has 22 heavy (non-hydrogen) atoms. The van der Waals surface area contributed by atoms with Crippen LogP contribution >= 0.6 is 24.0 Å². The number of likely N-dealkylation sites (N-methyl/N-ethyl adjacent to an activating group) is 1. The molecule has 0 bridgehead atoms. The van der Waals surface area contributed by atoms with Crippen LogP contribution in [-0.2, 0) is 6.42 Å². The van der Waals surface area contributed by atoms with Crippen molar-refractivity contribution in [2.75, 3.05) is 33.7 Å². The van der Waals surface area contributed by atoms with Gasteiger partial charge >= 0.3 is 0 Å². The summed E-state index contributed by atoms with van der Waals surface area (Å²) in [4.78, 5) is 6.58. The van der Waals surface area contributed by atoms with E-state index in [0.29, 0.717) is 19.0 Å². The molecule has 1 saturated heterocycles. The Kier molecular flexibility index (Phi) is 8.70. The highest BCUT2D eigenvalue weighted by atomic mass is 127. The zero-order valence-corrected chi connectivity index (χ0v) is 15.6. The van der Waals surface area contributed by atoms with Gasteiger partial charge in [0.15, 0.2) is 5.96 Å². The minimum Gasteiger partial charge on any atom is -0.356 e. The molecule has 0 amide bonds. The van der Waals surface area contributed by atoms with Crippen LogP contribution in [0.15, 0.2) is 29.3 Å². The SMILES string of the molecule is CN=C(NCCc1ccccc1F)NCC1CCCN1C.I. The van der Waals surface area contributed by atoms with Crippen molar-refractivity contribution in [3.8, 4) is 0 Å². The second-order valence-electron chi connectivity index (χ2n) is 5.50. The molecule has 1 aliphatic heterocycles. The Hall–Kier alpha value is -0.890. The first kappa shape index (κ1) is 19.2. The topological polar surface area (TPSA) is 39.7 Å². The molecule has 0 aliphatic carbocycles. The molecule has 1 aromatic rings. The average Bonchev–Trinajstić information content (AvgIpc) is 2.90. The lowest BCUT2D eigenvalue weighted by Crippen LogP contribution is -2.44. The summed E-state index contributed by atoms with van der Waals surface area (Å²) in [5, 5.41) is 6.58. The van der Waals surface area contributed by atoms with E-state index in [1.165, 1.54) is 25.5 Å². The van der Waals surface area contributed by atoms with Crippen molar-refractivity contribution in [3.05, 3.63) is 35.6 Å². The molecule has 0 spiro atoms. The van der Waals surface area contributed by atoms with Gasteiger partial charge in [0, 0.05) is 26.2 Å². The standard InChI is InChI=1S/C16H25FN4.HI/c1-18-16(20-12-14-7-5-11-21(14)2)19-10-9-13-6-3-4-8-15(13)17;/h3-4,6,8,14H,5,7,9-12H2,1-2H3,(H2,18,19,20);1H. The van der Waals surface area contributed by atoms with Crippen LogP contribution in [0.5, 0.6) is 0 Å². The van der Waals surface area contributed by atoms with Gasteiger partial charge in [-0.05, 0) is 44.5 Å². The highest BCUT2D eigenvalue weighted by Gasteiger charge is 2.20. The summed E-state index contributed by atoms with van der Waals surface area (Å²) in [5.41, 5.74) is 0.732. The van der Waals surface area contributed by atoms with E-state index in [2.05, 4.69) is 27.6 Å². The Morgan fingerprint density at radius 2 is 2.14 bits per heavy atom. The maximum absolute atomic E-state index is 13.5. The van der Waals surface area contributed by atoms with E-state index in [4.69, 9.17) is 0 Å². The van der Waals surface area contributed by atoms with Crippen molar-refractivity contribution in [1.82, 2.24) is 15.5 Å². The van der Waals surface area contributed by atoms with Gasteiger partial charge in [-0.3, -0.25) is 4.99 Å². The maximum atomic E-state index is 13.5. The second-order valence-corrected chi connectivity index (χ2v) is 5.50. The normalized spacial score (nSPS) is 18.9. The summed E-state index contributed by atoms with van der Waals surface area (Å²) in [6.07, 6.45) is 3.15. The summed E-state index contributed by atoms with van der Waals surface area (Å²) in [6.45, 7) is 2.74. The van der Waals surface area contributed by atoms with Gasteiger partial charge in [-0.1, -0.05) is 18.2 Å². The van der Waals surface area contributed by atoms with Gasteiger partial charge in [0.1, 0.15) is 5.82 Å². The summed E-state index contributed by atoms with van der Waals surface area (Å²) in [6, 6.07) is 7.47. The summed E-state index contributed by atoms with van der Waals surface area (Å²) >= 11 is 0. The molecule has 0 radical (unpaired) electrons. The number of nitrogens with zero attached hydrogens (tertiary/aromatic N) is 2. The molecule has 1 aromatic carbocycles. The molecule has 1 aliphatic rings. The molecular formula is C16H26FIN4. The van der Waals surface area contributed by atoms with E-state index in [1.807, 2.05) is 12.1 Å². The first-order chi connectivity index (χ1) is 10.2. The van der Waals surface area contributed by atoms with E-state index in [9.17, 15) is 4.39 Å². The molecular weight excluding hydrogens is 394 g/mol. The Morgan fingerprint density at radius 1 is 1.36 bits per heavy atom. The zero-order chi connectivity index (χ0) is 15.1. The smallest absolute Gasteiger partial charge is 0.191 e. The van der Waals surface area contributed by atoms with E-state index in [1.54, 1.807) is 13.1 Å². The van der Waals surface area contributed by atoms with Crippen molar-refractivity contribution in [1.29, 1.82) is 0 Å². The lowest BCUT2D eigenvalue weighted by Gasteiger charge is -2.21. The van der Waals surface area contributed by atoms with Crippen molar-refractivity contribution >= 4 is 29.9 Å². The number of guanidine groups is 1. The highest BCUT2D eigenvalue weighted by Crippen LogP contribution is 2.13. The Morgan fingerprint density at radius 3 is 2.77 bits per heavy atom. The summed E-state index contributed by atoms with van der Waals surface area (Å²) < 4.78 is 13.5. The molecule has 0 saturated carbocycles. The van der Waals surface area contributed by atoms with Gasteiger partial charge in [0.2, 0.25) is 0 Å². The van der Waals surface area contributed by atoms with Crippen molar-refractivity contribution in [2.24, 2.45) is 4.99 Å². The maximum Gasteiger partial charge on any atom is 0.191 e. The first-order valence-corrected chi connectivity index (χ1v) is 7.59. The molecule has 124 valence electrons. The first-order valence-electron chi connectivity index (χ1n) is 7.59. The number of aliphatic imine (C=N–C) groups is 1. The number of rotatable bonds is 5. The van der Waals surface area contributed by atoms with Crippen LogP contribution in [-0.4, -0.2) is 50.6 Å². The highest BCUT2D eigenvalue weighted by molar-refractivity contribution is 14.0. The Balaban J connectivity index is 0.00000242. The number of nitrogens with one attached hydrogen (secondary N) is 2. The number of halogens is 2. The van der Waals surface area contributed by atoms with Crippen LogP contribution in [0.2, 0.25) is 0 Å². The van der Waals surface area contributed by atoms with Crippen LogP contribution < -0.4 is 10.6 Å². The van der Waals surface area contributed by atoms with Gasteiger partial charge in [0.05, 0.1) is 0 Å². The average molecular weight is 420 g/mol. The fraction of sp³-hybridized carbons (Fsp3) is 0.562. The minimum absolute atomic E-state index is 0. The van der Waals surface area contributed by atoms with Gasteiger partial charge in [0.25, 0.3) is 0 Å². The summed E-state index contributed by atoms with van der Waals surface area (Å²) in [5.74, 6) is 0.640. The monoisotopic (exact) mass is 420 g/mol.